The molecule has 1 aliphatic rings. The Kier molecular flexibility index (Phi) is 9.89. The van der Waals surface area contributed by atoms with Crippen LogP contribution in [0.2, 0.25) is 0 Å². The van der Waals surface area contributed by atoms with E-state index in [0.29, 0.717) is 12.3 Å². The fraction of sp³-hybridized carbons (Fsp3) is 0.952. The van der Waals surface area contributed by atoms with E-state index in [4.69, 9.17) is 4.74 Å². The molecule has 0 spiro atoms. The summed E-state index contributed by atoms with van der Waals surface area (Å²) in [6, 6.07) is -0.536. The van der Waals surface area contributed by atoms with Gasteiger partial charge < -0.3 is 15.2 Å². The van der Waals surface area contributed by atoms with E-state index in [9.17, 15) is 18.3 Å². The molecule has 0 bridgehead atoms. The van der Waals surface area contributed by atoms with E-state index >= 15 is 0 Å². The summed E-state index contributed by atoms with van der Waals surface area (Å²) >= 11 is 0. The Hall–Kier alpha value is -0.860. The first-order chi connectivity index (χ1) is 13.2. The Bertz CT molecular complexity index is 607. The molecule has 0 aromatic carbocycles. The van der Waals surface area contributed by atoms with Crippen LogP contribution in [0.4, 0.5) is 4.79 Å². The molecule has 3 atom stereocenters. The molecule has 1 aliphatic carbocycles. The molecule has 0 aromatic heterocycles. The number of aliphatic hydroxyl groups is 1. The number of aliphatic hydroxyl groups excluding tert-OH is 1. The average molecular weight is 435 g/mol. The van der Waals surface area contributed by atoms with Crippen LogP contribution in [0, 0.1) is 11.8 Å². The molecule has 2 N–H and O–H groups in total. The lowest BCUT2D eigenvalue weighted by Gasteiger charge is -2.33. The summed E-state index contributed by atoms with van der Waals surface area (Å²) in [5.74, 6) is 0.259. The predicted octanol–water partition coefficient (Wildman–Crippen LogP) is 3.52. The number of nitrogens with one attached hydrogen (secondary N) is 1. The van der Waals surface area contributed by atoms with E-state index in [0.717, 1.165) is 25.7 Å². The number of rotatable bonds is 9. The van der Waals surface area contributed by atoms with Crippen LogP contribution in [0.5, 0.6) is 0 Å². The standard InChI is InChI=1S/C21H42N2O5S/c1-15(2)19(29(26,27)23(6)7)14-18(24)17(13-16-11-9-8-10-12-16)22-20(25)28-21(3,4)5/h15-19,24H,8-14H2,1-7H3,(H,22,25)/t17-,18-,19-/m0/s1. The van der Waals surface area contributed by atoms with Crippen molar-refractivity contribution >= 4 is 16.1 Å². The van der Waals surface area contributed by atoms with Gasteiger partial charge in [-0.3, -0.25) is 0 Å². The van der Waals surface area contributed by atoms with Gasteiger partial charge in [0.2, 0.25) is 10.0 Å². The van der Waals surface area contributed by atoms with E-state index in [1.165, 1.54) is 24.8 Å². The molecular weight excluding hydrogens is 392 g/mol. The molecule has 1 amide bonds. The van der Waals surface area contributed by atoms with Crippen molar-refractivity contribution in [2.45, 2.75) is 103 Å². The van der Waals surface area contributed by atoms with Gasteiger partial charge >= 0.3 is 6.09 Å². The maximum atomic E-state index is 12.7. The highest BCUT2D eigenvalue weighted by Gasteiger charge is 2.36. The summed E-state index contributed by atoms with van der Waals surface area (Å²) < 4.78 is 32.1. The van der Waals surface area contributed by atoms with E-state index in [1.54, 1.807) is 20.8 Å². The topological polar surface area (TPSA) is 95.9 Å². The molecule has 0 heterocycles. The van der Waals surface area contributed by atoms with Gasteiger partial charge in [0.25, 0.3) is 0 Å². The molecule has 29 heavy (non-hydrogen) atoms. The molecule has 0 unspecified atom stereocenters. The van der Waals surface area contributed by atoms with E-state index in [2.05, 4.69) is 5.32 Å². The number of alkyl carbamates (subject to hydrolysis) is 1. The van der Waals surface area contributed by atoms with Crippen LogP contribution in [0.25, 0.3) is 0 Å². The van der Waals surface area contributed by atoms with Crippen molar-refractivity contribution in [3.63, 3.8) is 0 Å². The number of sulfonamides is 1. The van der Waals surface area contributed by atoms with E-state index in [1.807, 2.05) is 13.8 Å². The zero-order chi connectivity index (χ0) is 22.4. The third-order valence-corrected chi connectivity index (χ3v) is 8.11. The summed E-state index contributed by atoms with van der Waals surface area (Å²) in [4.78, 5) is 12.4. The average Bonchev–Trinajstić information content (AvgIpc) is 2.57. The lowest BCUT2D eigenvalue weighted by Crippen LogP contribution is -2.49. The van der Waals surface area contributed by atoms with Crippen molar-refractivity contribution in [1.82, 2.24) is 9.62 Å². The highest BCUT2D eigenvalue weighted by Crippen LogP contribution is 2.30. The zero-order valence-corrected chi connectivity index (χ0v) is 20.1. The molecule has 1 fully saturated rings. The number of carbonyl (C=O) groups excluding carboxylic acids is 1. The van der Waals surface area contributed by atoms with Crippen molar-refractivity contribution in [1.29, 1.82) is 0 Å². The molecule has 1 saturated carbocycles. The number of nitrogens with zero attached hydrogens (tertiary/aromatic N) is 1. The van der Waals surface area contributed by atoms with Gasteiger partial charge in [0, 0.05) is 14.1 Å². The van der Waals surface area contributed by atoms with Gasteiger partial charge in [-0.1, -0.05) is 46.0 Å². The molecule has 0 aromatic rings. The number of hydrogen-bond donors (Lipinski definition) is 2. The van der Waals surface area contributed by atoms with Crippen molar-refractivity contribution in [2.24, 2.45) is 11.8 Å². The largest absolute Gasteiger partial charge is 0.444 e. The van der Waals surface area contributed by atoms with Gasteiger partial charge in [-0.25, -0.2) is 17.5 Å². The third kappa shape index (κ3) is 8.80. The Morgan fingerprint density at radius 1 is 1.17 bits per heavy atom. The van der Waals surface area contributed by atoms with Crippen LogP contribution >= 0.6 is 0 Å². The number of ether oxygens (including phenoxy) is 1. The summed E-state index contributed by atoms with van der Waals surface area (Å²) in [5, 5.41) is 13.1. The Morgan fingerprint density at radius 2 is 1.72 bits per heavy atom. The number of hydrogen-bond acceptors (Lipinski definition) is 5. The minimum Gasteiger partial charge on any atom is -0.444 e. The van der Waals surface area contributed by atoms with Crippen molar-refractivity contribution < 1.29 is 23.1 Å². The van der Waals surface area contributed by atoms with Crippen molar-refractivity contribution in [2.75, 3.05) is 14.1 Å². The van der Waals surface area contributed by atoms with Gasteiger partial charge in [-0.15, -0.1) is 0 Å². The highest BCUT2D eigenvalue weighted by molar-refractivity contribution is 7.89. The highest BCUT2D eigenvalue weighted by atomic mass is 32.2. The quantitative estimate of drug-likeness (QED) is 0.579. The van der Waals surface area contributed by atoms with Gasteiger partial charge in [-0.2, -0.15) is 0 Å². The summed E-state index contributed by atoms with van der Waals surface area (Å²) in [6.45, 7) is 9.05. The fourth-order valence-corrected chi connectivity index (χ4v) is 5.63. The maximum Gasteiger partial charge on any atom is 0.407 e. The molecule has 0 aliphatic heterocycles. The molecular formula is C21H42N2O5S. The first kappa shape index (κ1) is 26.2. The monoisotopic (exact) mass is 434 g/mol. The molecule has 7 nitrogen and oxygen atoms in total. The number of carbonyl (C=O) groups is 1. The second-order valence-electron chi connectivity index (χ2n) is 9.91. The lowest BCUT2D eigenvalue weighted by molar-refractivity contribution is 0.0374. The SMILES string of the molecule is CC(C)[C@H](C[C@H](O)[C@H](CC1CCCCC1)NC(=O)OC(C)(C)C)S(=O)(=O)N(C)C. The lowest BCUT2D eigenvalue weighted by atomic mass is 9.83. The summed E-state index contributed by atoms with van der Waals surface area (Å²) in [7, 11) is -0.509. The van der Waals surface area contributed by atoms with Crippen LogP contribution in [-0.2, 0) is 14.8 Å². The normalized spacial score (nSPS) is 19.8. The van der Waals surface area contributed by atoms with E-state index < -0.39 is 39.1 Å². The first-order valence-corrected chi connectivity index (χ1v) is 12.3. The number of amides is 1. The molecule has 172 valence electrons. The van der Waals surface area contributed by atoms with Gasteiger partial charge in [0.05, 0.1) is 17.4 Å². The second-order valence-corrected chi connectivity index (χ2v) is 12.3. The fourth-order valence-electron chi connectivity index (χ4n) is 3.96. The van der Waals surface area contributed by atoms with Crippen molar-refractivity contribution in [3.05, 3.63) is 0 Å². The van der Waals surface area contributed by atoms with Crippen LogP contribution in [0.3, 0.4) is 0 Å². The van der Waals surface area contributed by atoms with Gasteiger partial charge in [0.1, 0.15) is 5.60 Å². The summed E-state index contributed by atoms with van der Waals surface area (Å²) in [6.07, 6.45) is 4.84. The second kappa shape index (κ2) is 11.0. The van der Waals surface area contributed by atoms with Crippen LogP contribution < -0.4 is 5.32 Å². The smallest absolute Gasteiger partial charge is 0.407 e. The molecule has 8 heteroatoms. The van der Waals surface area contributed by atoms with Crippen molar-refractivity contribution in [3.8, 4) is 0 Å². The molecule has 0 radical (unpaired) electrons. The minimum atomic E-state index is -3.53. The first-order valence-electron chi connectivity index (χ1n) is 10.8. The zero-order valence-electron chi connectivity index (χ0n) is 19.3. The van der Waals surface area contributed by atoms with E-state index in [-0.39, 0.29) is 12.3 Å². The van der Waals surface area contributed by atoms with Gasteiger partial charge in [-0.05, 0) is 45.4 Å². The Morgan fingerprint density at radius 3 is 2.17 bits per heavy atom. The third-order valence-electron chi connectivity index (χ3n) is 5.59. The molecule has 1 rings (SSSR count). The minimum absolute atomic E-state index is 0.0748. The maximum absolute atomic E-state index is 12.7. The van der Waals surface area contributed by atoms with Gasteiger partial charge in [0.15, 0.2) is 0 Å². The predicted molar refractivity (Wildman–Crippen MR) is 116 cm³/mol. The summed E-state index contributed by atoms with van der Waals surface area (Å²) in [5.41, 5.74) is -0.640. The van der Waals surface area contributed by atoms with Crippen LogP contribution in [-0.4, -0.2) is 61.0 Å². The Balaban J connectivity index is 2.97. The Labute approximate surface area is 177 Å². The van der Waals surface area contributed by atoms with Crippen LogP contribution in [0.1, 0.15) is 79.6 Å². The van der Waals surface area contributed by atoms with Crippen LogP contribution in [0.15, 0.2) is 0 Å². The molecule has 0 saturated heterocycles.